The first-order chi connectivity index (χ1) is 18.4. The van der Waals surface area contributed by atoms with Crippen molar-refractivity contribution in [1.82, 2.24) is 29.9 Å². The van der Waals surface area contributed by atoms with Crippen LogP contribution in [0.3, 0.4) is 0 Å². The molecule has 196 valence electrons. The van der Waals surface area contributed by atoms with E-state index in [1.807, 2.05) is 48.0 Å². The molecule has 1 aromatic carbocycles. The molecule has 1 amide bonds. The van der Waals surface area contributed by atoms with Gasteiger partial charge in [-0.05, 0) is 62.5 Å². The summed E-state index contributed by atoms with van der Waals surface area (Å²) in [5.41, 5.74) is 5.24. The van der Waals surface area contributed by atoms with Gasteiger partial charge in [-0.1, -0.05) is 6.07 Å². The lowest BCUT2D eigenvalue weighted by Crippen LogP contribution is -2.30. The quantitative estimate of drug-likeness (QED) is 0.331. The van der Waals surface area contributed by atoms with Crippen LogP contribution < -0.4 is 20.3 Å². The average molecular weight is 533 g/mol. The molecule has 0 bridgehead atoms. The Morgan fingerprint density at radius 1 is 1.13 bits per heavy atom. The van der Waals surface area contributed by atoms with Gasteiger partial charge < -0.3 is 25.0 Å². The molecular weight excluding hydrogens is 504 g/mol. The fourth-order valence-electron chi connectivity index (χ4n) is 4.94. The standard InChI is InChI=1S/C26H28N8O3S/c1-16-11-19(17(2)34(16)32-14-28-29-15-32)25-24(20-7-5-6-10-27-20)31-26(38)33(25)18-8-9-22(37-4)21(12-18)30-23(35)13-36-3/h5-12,14-15,24-25H,13H2,1-4H3,(H,30,35)(H,31,38)/t24-,25-/m0/s1. The number of methoxy groups -OCH3 is 2. The number of pyridine rings is 1. The number of ether oxygens (including phenoxy) is 2. The Bertz CT molecular complexity index is 1450. The van der Waals surface area contributed by atoms with E-state index in [0.717, 1.165) is 28.3 Å². The zero-order valence-electron chi connectivity index (χ0n) is 21.5. The lowest BCUT2D eigenvalue weighted by atomic mass is 9.96. The number of nitrogens with zero attached hydrogens (tertiary/aromatic N) is 6. The van der Waals surface area contributed by atoms with Gasteiger partial charge in [-0.3, -0.25) is 14.5 Å². The van der Waals surface area contributed by atoms with Crippen molar-refractivity contribution in [3.8, 4) is 5.75 Å². The predicted molar refractivity (Wildman–Crippen MR) is 146 cm³/mol. The van der Waals surface area contributed by atoms with Crippen LogP contribution in [0.5, 0.6) is 5.75 Å². The van der Waals surface area contributed by atoms with Crippen LogP contribution in [0.15, 0.2) is 61.3 Å². The molecule has 4 aromatic rings. The third kappa shape index (κ3) is 4.59. The fraction of sp³-hybridized carbons (Fsp3) is 0.269. The Labute approximate surface area is 225 Å². The summed E-state index contributed by atoms with van der Waals surface area (Å²) >= 11 is 5.89. The number of rotatable bonds is 8. The fourth-order valence-corrected chi connectivity index (χ4v) is 5.29. The first kappa shape index (κ1) is 25.4. The van der Waals surface area contributed by atoms with Crippen LogP contribution in [0.25, 0.3) is 0 Å². The summed E-state index contributed by atoms with van der Waals surface area (Å²) in [6.07, 6.45) is 5.10. The van der Waals surface area contributed by atoms with Gasteiger partial charge in [0, 0.05) is 35.9 Å². The van der Waals surface area contributed by atoms with Crippen LogP contribution in [-0.4, -0.2) is 56.4 Å². The Morgan fingerprint density at radius 2 is 1.92 bits per heavy atom. The normalized spacial score (nSPS) is 16.9. The molecule has 4 heterocycles. The largest absolute Gasteiger partial charge is 0.495 e. The second-order valence-electron chi connectivity index (χ2n) is 8.84. The first-order valence-electron chi connectivity index (χ1n) is 11.9. The Hall–Kier alpha value is -4.29. The molecule has 5 rings (SSSR count). The molecule has 0 saturated carbocycles. The van der Waals surface area contributed by atoms with E-state index in [1.165, 1.54) is 7.11 Å². The van der Waals surface area contributed by atoms with Gasteiger partial charge in [-0.2, -0.15) is 0 Å². The van der Waals surface area contributed by atoms with Crippen molar-refractivity contribution in [3.05, 3.63) is 84.0 Å². The second-order valence-corrected chi connectivity index (χ2v) is 9.23. The van der Waals surface area contributed by atoms with E-state index in [-0.39, 0.29) is 24.6 Å². The second kappa shape index (κ2) is 10.6. The van der Waals surface area contributed by atoms with E-state index in [1.54, 1.807) is 26.0 Å². The van der Waals surface area contributed by atoms with E-state index in [0.29, 0.717) is 16.5 Å². The van der Waals surface area contributed by atoms with Crippen LogP contribution in [0.2, 0.25) is 0 Å². The summed E-state index contributed by atoms with van der Waals surface area (Å²) in [6, 6.07) is 13.1. The Morgan fingerprint density at radius 3 is 2.61 bits per heavy atom. The third-order valence-electron chi connectivity index (χ3n) is 6.50. The molecule has 1 fully saturated rings. The molecule has 2 atom stereocenters. The number of aromatic nitrogens is 5. The molecule has 38 heavy (non-hydrogen) atoms. The SMILES string of the molecule is COCC(=O)Nc1cc(N2C(=S)N[C@@H](c3ccccn3)[C@@H]2c2cc(C)n(-n3cnnc3)c2C)ccc1OC. The monoisotopic (exact) mass is 532 g/mol. The number of carbonyl (C=O) groups excluding carboxylic acids is 1. The van der Waals surface area contributed by atoms with Crippen molar-refractivity contribution < 1.29 is 14.3 Å². The number of hydrogen-bond donors (Lipinski definition) is 2. The summed E-state index contributed by atoms with van der Waals surface area (Å²) in [6.45, 7) is 4.02. The number of anilines is 2. The highest BCUT2D eigenvalue weighted by atomic mass is 32.1. The van der Waals surface area contributed by atoms with E-state index in [2.05, 4.69) is 48.4 Å². The predicted octanol–water partition coefficient (Wildman–Crippen LogP) is 3.17. The summed E-state index contributed by atoms with van der Waals surface area (Å²) in [7, 11) is 3.03. The van der Waals surface area contributed by atoms with E-state index >= 15 is 0 Å². The lowest BCUT2D eigenvalue weighted by molar-refractivity contribution is -0.119. The number of hydrogen-bond acceptors (Lipinski definition) is 7. The molecule has 1 saturated heterocycles. The minimum atomic E-state index is -0.287. The van der Waals surface area contributed by atoms with Gasteiger partial charge in [0.05, 0.1) is 30.6 Å². The minimum Gasteiger partial charge on any atom is -0.495 e. The van der Waals surface area contributed by atoms with Gasteiger partial charge in [-0.15, -0.1) is 10.2 Å². The smallest absolute Gasteiger partial charge is 0.250 e. The Kier molecular flexibility index (Phi) is 7.07. The number of aryl methyl sites for hydroxylation is 1. The maximum absolute atomic E-state index is 12.3. The number of amides is 1. The highest BCUT2D eigenvalue weighted by Gasteiger charge is 2.42. The molecule has 1 aliphatic rings. The number of nitrogens with one attached hydrogen (secondary N) is 2. The van der Waals surface area contributed by atoms with Crippen molar-refractivity contribution in [3.63, 3.8) is 0 Å². The van der Waals surface area contributed by atoms with E-state index < -0.39 is 0 Å². The maximum Gasteiger partial charge on any atom is 0.250 e. The van der Waals surface area contributed by atoms with Gasteiger partial charge in [0.25, 0.3) is 0 Å². The van der Waals surface area contributed by atoms with Gasteiger partial charge in [-0.25, -0.2) is 4.68 Å². The van der Waals surface area contributed by atoms with Gasteiger partial charge >= 0.3 is 0 Å². The zero-order chi connectivity index (χ0) is 26.8. The van der Waals surface area contributed by atoms with Gasteiger partial charge in [0.1, 0.15) is 25.0 Å². The highest BCUT2D eigenvalue weighted by Crippen LogP contribution is 2.44. The van der Waals surface area contributed by atoms with Crippen molar-refractivity contribution >= 4 is 34.6 Å². The van der Waals surface area contributed by atoms with E-state index in [4.69, 9.17) is 21.7 Å². The van der Waals surface area contributed by atoms with Crippen LogP contribution >= 0.6 is 12.2 Å². The first-order valence-corrected chi connectivity index (χ1v) is 12.3. The van der Waals surface area contributed by atoms with Crippen molar-refractivity contribution in [1.29, 1.82) is 0 Å². The van der Waals surface area contributed by atoms with E-state index in [9.17, 15) is 4.79 Å². The van der Waals surface area contributed by atoms with Crippen LogP contribution in [0.4, 0.5) is 11.4 Å². The lowest BCUT2D eigenvalue weighted by Gasteiger charge is -2.29. The molecule has 3 aromatic heterocycles. The topological polar surface area (TPSA) is 111 Å². The number of thiocarbonyl (C=S) groups is 1. The molecule has 12 heteroatoms. The molecular formula is C26H28N8O3S. The van der Waals surface area contributed by atoms with Crippen LogP contribution in [0, 0.1) is 13.8 Å². The average Bonchev–Trinajstić information content (AvgIpc) is 3.62. The molecule has 0 aliphatic carbocycles. The summed E-state index contributed by atoms with van der Waals surface area (Å²) in [4.78, 5) is 19.0. The molecule has 2 N–H and O–H groups in total. The summed E-state index contributed by atoms with van der Waals surface area (Å²) in [5, 5.41) is 14.8. The molecule has 0 radical (unpaired) electrons. The Balaban J connectivity index is 1.64. The molecule has 11 nitrogen and oxygen atoms in total. The minimum absolute atomic E-state index is 0.0729. The van der Waals surface area contributed by atoms with Crippen molar-refractivity contribution in [2.75, 3.05) is 31.0 Å². The molecule has 0 unspecified atom stereocenters. The zero-order valence-corrected chi connectivity index (χ0v) is 22.3. The summed E-state index contributed by atoms with van der Waals surface area (Å²) in [5.74, 6) is 0.241. The number of carbonyl (C=O) groups is 1. The summed E-state index contributed by atoms with van der Waals surface area (Å²) < 4.78 is 14.4. The third-order valence-corrected chi connectivity index (χ3v) is 6.81. The van der Waals surface area contributed by atoms with Gasteiger partial charge in [0.15, 0.2) is 5.11 Å². The molecule has 1 aliphatic heterocycles. The maximum atomic E-state index is 12.3. The number of benzene rings is 1. The highest BCUT2D eigenvalue weighted by molar-refractivity contribution is 7.80. The van der Waals surface area contributed by atoms with Crippen molar-refractivity contribution in [2.24, 2.45) is 0 Å². The van der Waals surface area contributed by atoms with Crippen LogP contribution in [0.1, 0.15) is 34.7 Å². The van der Waals surface area contributed by atoms with Crippen LogP contribution in [-0.2, 0) is 9.53 Å². The molecule has 0 spiro atoms. The van der Waals surface area contributed by atoms with Gasteiger partial charge in [0.2, 0.25) is 5.91 Å². The van der Waals surface area contributed by atoms with Crippen molar-refractivity contribution in [2.45, 2.75) is 25.9 Å².